The second kappa shape index (κ2) is 6.76. The molecule has 1 amide bonds. The molecule has 0 radical (unpaired) electrons. The van der Waals surface area contributed by atoms with Crippen LogP contribution in [0.25, 0.3) is 11.4 Å². The molecule has 7 heteroatoms. The standard InChI is InChI=1S/C18H19N5OS/c1-13-6-8-14(9-7-13)18-19-21-23(20-18)12-17(24)22-10-2-4-15(22)16-5-3-11-25-16/h3,5-9,11,15H,2,4,10,12H2,1H3. The Morgan fingerprint density at radius 3 is 2.88 bits per heavy atom. The maximum absolute atomic E-state index is 12.7. The summed E-state index contributed by atoms with van der Waals surface area (Å²) in [6.07, 6.45) is 2.05. The summed E-state index contributed by atoms with van der Waals surface area (Å²) >= 11 is 1.71. The van der Waals surface area contributed by atoms with Gasteiger partial charge in [-0.1, -0.05) is 35.9 Å². The molecule has 4 rings (SSSR count). The normalized spacial score (nSPS) is 17.2. The predicted molar refractivity (Wildman–Crippen MR) is 96.0 cm³/mol. The van der Waals surface area contributed by atoms with Gasteiger partial charge in [-0.15, -0.1) is 21.5 Å². The topological polar surface area (TPSA) is 63.9 Å². The molecule has 6 nitrogen and oxygen atoms in total. The maximum Gasteiger partial charge on any atom is 0.246 e. The monoisotopic (exact) mass is 353 g/mol. The molecule has 1 aromatic carbocycles. The van der Waals surface area contributed by atoms with Crippen molar-refractivity contribution in [3.63, 3.8) is 0 Å². The Bertz CT molecular complexity index is 856. The third-order valence-electron chi connectivity index (χ3n) is 4.48. The van der Waals surface area contributed by atoms with Gasteiger partial charge in [0.1, 0.15) is 6.54 Å². The number of carbonyl (C=O) groups is 1. The van der Waals surface area contributed by atoms with E-state index in [-0.39, 0.29) is 18.5 Å². The first-order valence-electron chi connectivity index (χ1n) is 8.38. The highest BCUT2D eigenvalue weighted by molar-refractivity contribution is 7.10. The fourth-order valence-corrected chi connectivity index (χ4v) is 4.06. The van der Waals surface area contributed by atoms with Gasteiger partial charge in [-0.2, -0.15) is 4.80 Å². The van der Waals surface area contributed by atoms with Crippen LogP contribution < -0.4 is 0 Å². The number of thiophene rings is 1. The average Bonchev–Trinajstić information content (AvgIpc) is 3.36. The molecule has 1 aliphatic heterocycles. The van der Waals surface area contributed by atoms with E-state index < -0.39 is 0 Å². The molecule has 128 valence electrons. The van der Waals surface area contributed by atoms with Gasteiger partial charge in [0.2, 0.25) is 11.7 Å². The van der Waals surface area contributed by atoms with Crippen molar-refractivity contribution < 1.29 is 4.79 Å². The fraction of sp³-hybridized carbons (Fsp3) is 0.333. The quantitative estimate of drug-likeness (QED) is 0.723. The van der Waals surface area contributed by atoms with Gasteiger partial charge in [0, 0.05) is 17.0 Å². The van der Waals surface area contributed by atoms with Gasteiger partial charge in [0.05, 0.1) is 6.04 Å². The Morgan fingerprint density at radius 2 is 2.12 bits per heavy atom. The lowest BCUT2D eigenvalue weighted by atomic mass is 10.1. The zero-order valence-electron chi connectivity index (χ0n) is 14.0. The van der Waals surface area contributed by atoms with Crippen LogP contribution in [-0.4, -0.2) is 37.6 Å². The Morgan fingerprint density at radius 1 is 1.28 bits per heavy atom. The Balaban J connectivity index is 1.47. The summed E-state index contributed by atoms with van der Waals surface area (Å²) in [6.45, 7) is 2.95. The molecule has 0 saturated carbocycles. The van der Waals surface area contributed by atoms with E-state index in [2.05, 4.69) is 26.9 Å². The second-order valence-electron chi connectivity index (χ2n) is 6.27. The minimum atomic E-state index is 0.0451. The number of amides is 1. The van der Waals surface area contributed by atoms with Crippen LogP contribution in [0.4, 0.5) is 0 Å². The van der Waals surface area contributed by atoms with Crippen molar-refractivity contribution in [3.8, 4) is 11.4 Å². The van der Waals surface area contributed by atoms with Crippen LogP contribution in [0.3, 0.4) is 0 Å². The molecule has 0 spiro atoms. The Kier molecular flexibility index (Phi) is 4.31. The van der Waals surface area contributed by atoms with Gasteiger partial charge < -0.3 is 4.90 Å². The van der Waals surface area contributed by atoms with E-state index in [1.807, 2.05) is 42.2 Å². The second-order valence-corrected chi connectivity index (χ2v) is 7.25. The molecule has 1 unspecified atom stereocenters. The molecule has 3 heterocycles. The van der Waals surface area contributed by atoms with Crippen LogP contribution in [0.2, 0.25) is 0 Å². The van der Waals surface area contributed by atoms with E-state index in [1.165, 1.54) is 15.2 Å². The molecule has 0 aliphatic carbocycles. The number of hydrogen-bond acceptors (Lipinski definition) is 5. The lowest BCUT2D eigenvalue weighted by Crippen LogP contribution is -2.33. The molecule has 1 aliphatic rings. The largest absolute Gasteiger partial charge is 0.333 e. The highest BCUT2D eigenvalue weighted by atomic mass is 32.1. The van der Waals surface area contributed by atoms with Crippen molar-refractivity contribution in [2.45, 2.75) is 32.4 Å². The molecule has 3 aromatic rings. The molecule has 0 N–H and O–H groups in total. The first kappa shape index (κ1) is 16.0. The zero-order chi connectivity index (χ0) is 17.2. The highest BCUT2D eigenvalue weighted by Gasteiger charge is 2.30. The van der Waals surface area contributed by atoms with Gasteiger partial charge in [-0.25, -0.2) is 0 Å². The van der Waals surface area contributed by atoms with Crippen LogP contribution in [0.1, 0.15) is 29.3 Å². The van der Waals surface area contributed by atoms with Crippen LogP contribution in [0.5, 0.6) is 0 Å². The molecule has 25 heavy (non-hydrogen) atoms. The lowest BCUT2D eigenvalue weighted by molar-refractivity contribution is -0.133. The SMILES string of the molecule is Cc1ccc(-c2nnn(CC(=O)N3CCCC3c3cccs3)n2)cc1. The Labute approximate surface area is 150 Å². The van der Waals surface area contributed by atoms with Crippen LogP contribution in [0.15, 0.2) is 41.8 Å². The predicted octanol–water partition coefficient (Wildman–Crippen LogP) is 3.07. The van der Waals surface area contributed by atoms with Crippen LogP contribution in [-0.2, 0) is 11.3 Å². The molecule has 1 saturated heterocycles. The summed E-state index contributed by atoms with van der Waals surface area (Å²) in [5.41, 5.74) is 2.09. The number of nitrogens with zero attached hydrogens (tertiary/aromatic N) is 5. The van der Waals surface area contributed by atoms with E-state index in [1.54, 1.807) is 11.3 Å². The van der Waals surface area contributed by atoms with Gasteiger partial charge in [0.15, 0.2) is 0 Å². The van der Waals surface area contributed by atoms with Gasteiger partial charge in [0.25, 0.3) is 0 Å². The number of aromatic nitrogens is 4. The Hall–Kier alpha value is -2.54. The summed E-state index contributed by atoms with van der Waals surface area (Å²) in [7, 11) is 0. The van der Waals surface area contributed by atoms with E-state index in [0.717, 1.165) is 24.9 Å². The van der Waals surface area contributed by atoms with E-state index in [9.17, 15) is 4.79 Å². The first-order chi connectivity index (χ1) is 12.2. The fourth-order valence-electron chi connectivity index (χ4n) is 3.18. The molecule has 0 bridgehead atoms. The van der Waals surface area contributed by atoms with Crippen molar-refractivity contribution in [1.29, 1.82) is 0 Å². The van der Waals surface area contributed by atoms with Crippen molar-refractivity contribution >= 4 is 17.2 Å². The third kappa shape index (κ3) is 3.32. The number of benzene rings is 1. The number of rotatable bonds is 4. The summed E-state index contributed by atoms with van der Waals surface area (Å²) in [5, 5.41) is 14.5. The smallest absolute Gasteiger partial charge is 0.246 e. The van der Waals surface area contributed by atoms with E-state index in [4.69, 9.17) is 0 Å². The summed E-state index contributed by atoms with van der Waals surface area (Å²) in [6, 6.07) is 12.3. The van der Waals surface area contributed by atoms with Crippen molar-refractivity contribution in [1.82, 2.24) is 25.1 Å². The molecule has 1 fully saturated rings. The van der Waals surface area contributed by atoms with Gasteiger partial charge >= 0.3 is 0 Å². The lowest BCUT2D eigenvalue weighted by Gasteiger charge is -2.23. The summed E-state index contributed by atoms with van der Waals surface area (Å²) < 4.78 is 0. The number of hydrogen-bond donors (Lipinski definition) is 0. The third-order valence-corrected chi connectivity index (χ3v) is 5.46. The maximum atomic E-state index is 12.7. The van der Waals surface area contributed by atoms with Gasteiger partial charge in [-0.3, -0.25) is 4.79 Å². The van der Waals surface area contributed by atoms with Crippen LogP contribution >= 0.6 is 11.3 Å². The molecular formula is C18H19N5OS. The first-order valence-corrected chi connectivity index (χ1v) is 9.26. The van der Waals surface area contributed by atoms with E-state index >= 15 is 0 Å². The van der Waals surface area contributed by atoms with Crippen molar-refractivity contribution in [3.05, 3.63) is 52.2 Å². The van der Waals surface area contributed by atoms with Crippen molar-refractivity contribution in [2.24, 2.45) is 0 Å². The summed E-state index contributed by atoms with van der Waals surface area (Å²) in [5.74, 6) is 0.591. The minimum absolute atomic E-state index is 0.0451. The molecular weight excluding hydrogens is 334 g/mol. The number of carbonyl (C=O) groups excluding carboxylic acids is 1. The number of aryl methyl sites for hydroxylation is 1. The highest BCUT2D eigenvalue weighted by Crippen LogP contribution is 2.34. The van der Waals surface area contributed by atoms with Crippen LogP contribution in [0, 0.1) is 6.92 Å². The number of tetrazole rings is 1. The number of likely N-dealkylation sites (tertiary alicyclic amines) is 1. The van der Waals surface area contributed by atoms with E-state index in [0.29, 0.717) is 5.82 Å². The molecule has 2 aromatic heterocycles. The summed E-state index contributed by atoms with van der Waals surface area (Å²) in [4.78, 5) is 17.3. The zero-order valence-corrected chi connectivity index (χ0v) is 14.8. The van der Waals surface area contributed by atoms with Gasteiger partial charge in [-0.05, 0) is 36.4 Å². The minimum Gasteiger partial charge on any atom is -0.333 e. The average molecular weight is 353 g/mol. The van der Waals surface area contributed by atoms with Crippen molar-refractivity contribution in [2.75, 3.05) is 6.54 Å². The molecule has 1 atom stereocenters.